The molecule has 5 nitrogen and oxygen atoms in total. The van der Waals surface area contributed by atoms with Crippen LogP contribution >= 0.6 is 0 Å². The van der Waals surface area contributed by atoms with E-state index in [9.17, 15) is 5.11 Å². The minimum Gasteiger partial charge on any atom is -0.493 e. The summed E-state index contributed by atoms with van der Waals surface area (Å²) < 4.78 is 2.09. The Morgan fingerprint density at radius 1 is 0.614 bits per heavy atom. The van der Waals surface area contributed by atoms with Gasteiger partial charge >= 0.3 is 0 Å². The quantitative estimate of drug-likeness (QED) is 0.197. The first kappa shape index (κ1) is 27.5. The molecule has 7 aromatic rings. The average Bonchev–Trinajstić information content (AvgIpc) is 3.45. The zero-order valence-electron chi connectivity index (χ0n) is 24.9. The van der Waals surface area contributed by atoms with Crippen molar-refractivity contribution < 1.29 is 5.11 Å². The maximum Gasteiger partial charge on any atom is 0.222 e. The van der Waals surface area contributed by atoms with Crippen LogP contribution in [0, 0.1) is 0 Å². The summed E-state index contributed by atoms with van der Waals surface area (Å²) in [4.78, 5) is 14.3. The van der Waals surface area contributed by atoms with Gasteiger partial charge in [-0.15, -0.1) is 0 Å². The fraction of sp³-hybridized carbons (Fsp3) is 0.0789. The van der Waals surface area contributed by atoms with Gasteiger partial charge in [-0.05, 0) is 76.5 Å². The molecule has 0 fully saturated rings. The zero-order valence-corrected chi connectivity index (χ0v) is 25.9. The molecule has 0 bridgehead atoms. The third kappa shape index (κ3) is 5.10. The molecule has 0 saturated carbocycles. The van der Waals surface area contributed by atoms with Gasteiger partial charge in [-0.2, -0.15) is 0 Å². The van der Waals surface area contributed by atoms with Crippen molar-refractivity contribution in [1.82, 2.24) is 19.5 Å². The number of nitrogens with zero attached hydrogens (tertiary/aromatic N) is 4. The van der Waals surface area contributed by atoms with Crippen LogP contribution in [-0.2, 0) is 0 Å². The first-order valence-corrected chi connectivity index (χ1v) is 18.3. The third-order valence-electron chi connectivity index (χ3n) is 8.00. The first-order chi connectivity index (χ1) is 21.4. The number of aromatic hydroxyl groups is 1. The van der Waals surface area contributed by atoms with Gasteiger partial charge in [0, 0.05) is 29.2 Å². The topological polar surface area (TPSA) is 63.8 Å². The smallest absolute Gasteiger partial charge is 0.222 e. The summed E-state index contributed by atoms with van der Waals surface area (Å²) in [5, 5.41) is 12.1. The molecule has 0 saturated heterocycles. The maximum atomic E-state index is 10.8. The minimum absolute atomic E-state index is 0.0530. The lowest BCUT2D eigenvalue weighted by atomic mass is 9.94. The van der Waals surface area contributed by atoms with E-state index in [0.717, 1.165) is 50.2 Å². The highest BCUT2D eigenvalue weighted by atomic mass is 28.3. The summed E-state index contributed by atoms with van der Waals surface area (Å²) in [5.74, 6) is 0.579. The Hall–Kier alpha value is -5.33. The standard InChI is InChI=1S/C38H32N4OSi/c1-44(2,3)31-19-20-34(40-25-31)29-23-27(26-12-6-4-7-13-26)22-28(24-29)32-16-10-18-35-36(32)41-37(33-17-11-21-39-38(33)43)42(35)30-14-8-5-9-15-30/h4-25H,1-3H3,(H,39,43). The van der Waals surface area contributed by atoms with Crippen LogP contribution in [0.25, 0.3) is 61.6 Å². The van der Waals surface area contributed by atoms with Gasteiger partial charge in [0.2, 0.25) is 5.88 Å². The molecular formula is C38H32N4OSi. The van der Waals surface area contributed by atoms with Gasteiger partial charge in [0.25, 0.3) is 0 Å². The van der Waals surface area contributed by atoms with Crippen LogP contribution in [0.1, 0.15) is 0 Å². The lowest BCUT2D eigenvalue weighted by molar-refractivity contribution is 0.455. The molecule has 6 heteroatoms. The SMILES string of the molecule is C[Si](C)(C)c1ccc(-c2cc(-c3ccccc3)cc(-c3cccc4c3nc(-c3cccnc3O)n4-c3ccccc3)c2)nc1. The molecule has 3 aromatic heterocycles. The van der Waals surface area contributed by atoms with E-state index in [1.807, 2.05) is 42.6 Å². The Morgan fingerprint density at radius 2 is 1.32 bits per heavy atom. The average molecular weight is 589 g/mol. The summed E-state index contributed by atoms with van der Waals surface area (Å²) in [6.45, 7) is 7.02. The number of rotatable bonds is 6. The van der Waals surface area contributed by atoms with Crippen LogP contribution in [0.4, 0.5) is 0 Å². The first-order valence-electron chi connectivity index (χ1n) is 14.8. The number of para-hydroxylation sites is 2. The molecule has 4 aromatic carbocycles. The molecule has 0 spiro atoms. The highest BCUT2D eigenvalue weighted by Crippen LogP contribution is 2.39. The molecular weight excluding hydrogens is 557 g/mol. The van der Waals surface area contributed by atoms with Gasteiger partial charge in [-0.1, -0.05) is 86.4 Å². The Balaban J connectivity index is 1.48. The van der Waals surface area contributed by atoms with E-state index in [1.165, 1.54) is 5.19 Å². The minimum atomic E-state index is -1.47. The van der Waals surface area contributed by atoms with Gasteiger partial charge in [0.15, 0.2) is 5.82 Å². The number of hydrogen-bond acceptors (Lipinski definition) is 4. The van der Waals surface area contributed by atoms with E-state index in [4.69, 9.17) is 9.97 Å². The Labute approximate surface area is 258 Å². The lowest BCUT2D eigenvalue weighted by Gasteiger charge is -2.16. The van der Waals surface area contributed by atoms with Crippen LogP contribution in [0.5, 0.6) is 5.88 Å². The van der Waals surface area contributed by atoms with Crippen molar-refractivity contribution in [3.63, 3.8) is 0 Å². The fourth-order valence-electron chi connectivity index (χ4n) is 5.66. The molecule has 0 radical (unpaired) electrons. The Kier molecular flexibility index (Phi) is 6.91. The van der Waals surface area contributed by atoms with Crippen molar-refractivity contribution in [2.45, 2.75) is 19.6 Å². The van der Waals surface area contributed by atoms with Crippen molar-refractivity contribution >= 4 is 24.3 Å². The molecule has 0 aliphatic rings. The predicted octanol–water partition coefficient (Wildman–Crippen LogP) is 8.73. The molecule has 0 amide bonds. The largest absolute Gasteiger partial charge is 0.493 e. The van der Waals surface area contributed by atoms with Crippen molar-refractivity contribution in [2.24, 2.45) is 0 Å². The fourth-order valence-corrected chi connectivity index (χ4v) is 6.69. The van der Waals surface area contributed by atoms with E-state index < -0.39 is 8.07 Å². The molecule has 1 N–H and O–H groups in total. The Bertz CT molecular complexity index is 2100. The van der Waals surface area contributed by atoms with Crippen LogP contribution < -0.4 is 5.19 Å². The van der Waals surface area contributed by atoms with Crippen molar-refractivity contribution in [3.8, 4) is 56.5 Å². The van der Waals surface area contributed by atoms with Crippen LogP contribution in [-0.4, -0.2) is 32.7 Å². The molecule has 0 atom stereocenters. The molecule has 0 aliphatic carbocycles. The Morgan fingerprint density at radius 3 is 2.02 bits per heavy atom. The second-order valence-corrected chi connectivity index (χ2v) is 17.1. The molecule has 0 aliphatic heterocycles. The highest BCUT2D eigenvalue weighted by Gasteiger charge is 2.21. The van der Waals surface area contributed by atoms with Crippen molar-refractivity contribution in [3.05, 3.63) is 134 Å². The maximum absolute atomic E-state index is 10.8. The predicted molar refractivity (Wildman–Crippen MR) is 183 cm³/mol. The van der Waals surface area contributed by atoms with Gasteiger partial charge in [-0.25, -0.2) is 9.97 Å². The van der Waals surface area contributed by atoms with E-state index in [-0.39, 0.29) is 5.88 Å². The van der Waals surface area contributed by atoms with Gasteiger partial charge < -0.3 is 5.11 Å². The molecule has 0 unspecified atom stereocenters. The van der Waals surface area contributed by atoms with Crippen LogP contribution in [0.3, 0.4) is 0 Å². The van der Waals surface area contributed by atoms with E-state index in [2.05, 4.69) is 114 Å². The molecule has 44 heavy (non-hydrogen) atoms. The number of aromatic nitrogens is 4. The lowest BCUT2D eigenvalue weighted by Crippen LogP contribution is -2.37. The second-order valence-electron chi connectivity index (χ2n) is 12.0. The van der Waals surface area contributed by atoms with Crippen LogP contribution in [0.15, 0.2) is 134 Å². The van der Waals surface area contributed by atoms with Gasteiger partial charge in [-0.3, -0.25) is 9.55 Å². The molecule has 214 valence electrons. The van der Waals surface area contributed by atoms with Gasteiger partial charge in [0.1, 0.15) is 0 Å². The summed E-state index contributed by atoms with van der Waals surface area (Å²) in [7, 11) is -1.47. The number of pyridine rings is 2. The van der Waals surface area contributed by atoms with E-state index in [0.29, 0.717) is 11.4 Å². The highest BCUT2D eigenvalue weighted by molar-refractivity contribution is 6.88. The van der Waals surface area contributed by atoms with Crippen molar-refractivity contribution in [1.29, 1.82) is 0 Å². The van der Waals surface area contributed by atoms with Crippen molar-refractivity contribution in [2.75, 3.05) is 0 Å². The van der Waals surface area contributed by atoms with Crippen LogP contribution in [0.2, 0.25) is 19.6 Å². The number of benzene rings is 4. The normalized spacial score (nSPS) is 11.6. The summed E-state index contributed by atoms with van der Waals surface area (Å²) >= 11 is 0. The molecule has 3 heterocycles. The monoisotopic (exact) mass is 588 g/mol. The summed E-state index contributed by atoms with van der Waals surface area (Å²) in [6, 6.07) is 41.5. The number of imidazole rings is 1. The second kappa shape index (κ2) is 11.1. The van der Waals surface area contributed by atoms with E-state index >= 15 is 0 Å². The van der Waals surface area contributed by atoms with E-state index in [1.54, 1.807) is 6.20 Å². The number of fused-ring (bicyclic) bond motifs is 1. The summed E-state index contributed by atoms with van der Waals surface area (Å²) in [5.41, 5.74) is 9.59. The van der Waals surface area contributed by atoms with Gasteiger partial charge in [0.05, 0.1) is 30.4 Å². The molecule has 7 rings (SSSR count). The third-order valence-corrected chi connectivity index (χ3v) is 10.0. The summed E-state index contributed by atoms with van der Waals surface area (Å²) in [6.07, 6.45) is 3.63. The zero-order chi connectivity index (χ0) is 30.3. The number of hydrogen-bond donors (Lipinski definition) is 1.